The van der Waals surface area contributed by atoms with Crippen molar-refractivity contribution < 1.29 is 19.7 Å². The third-order valence-electron chi connectivity index (χ3n) is 4.61. The van der Waals surface area contributed by atoms with Crippen LogP contribution in [0.1, 0.15) is 52.9 Å². The minimum absolute atomic E-state index is 0.206. The summed E-state index contributed by atoms with van der Waals surface area (Å²) < 4.78 is 4.90. The zero-order chi connectivity index (χ0) is 14.7. The molecule has 0 heterocycles. The van der Waals surface area contributed by atoms with Crippen LogP contribution in [0.15, 0.2) is 0 Å². The zero-order valence-corrected chi connectivity index (χ0v) is 12.6. The molecule has 0 aliphatic heterocycles. The fourth-order valence-electron chi connectivity index (χ4n) is 3.24. The molecule has 4 nitrogen and oxygen atoms in total. The molecule has 0 bridgehead atoms. The van der Waals surface area contributed by atoms with Gasteiger partial charge in [0.1, 0.15) is 0 Å². The maximum Gasteiger partial charge on any atom is 0.309 e. The molecule has 1 atom stereocenters. The van der Waals surface area contributed by atoms with Crippen molar-refractivity contribution >= 4 is 5.97 Å². The van der Waals surface area contributed by atoms with E-state index in [-0.39, 0.29) is 12.0 Å². The van der Waals surface area contributed by atoms with Gasteiger partial charge in [-0.15, -0.1) is 0 Å². The summed E-state index contributed by atoms with van der Waals surface area (Å²) in [5.74, 6) is -0.199. The van der Waals surface area contributed by atoms with Crippen LogP contribution in [-0.2, 0) is 9.53 Å². The summed E-state index contributed by atoms with van der Waals surface area (Å²) in [6, 6.07) is 0. The first-order valence-electron chi connectivity index (χ1n) is 7.12. The Kier molecular flexibility index (Phi) is 5.39. The Morgan fingerprint density at radius 3 is 2.26 bits per heavy atom. The number of carboxylic acid groups (broad SMARTS) is 1. The maximum atomic E-state index is 11.6. The first-order valence-corrected chi connectivity index (χ1v) is 7.12. The molecule has 0 aromatic heterocycles. The lowest BCUT2D eigenvalue weighted by atomic mass is 9.62. The van der Waals surface area contributed by atoms with Gasteiger partial charge >= 0.3 is 5.97 Å². The number of aliphatic hydroxyl groups excluding tert-OH is 1. The number of aliphatic carboxylic acids is 1. The Balaban J connectivity index is 2.69. The average molecular weight is 272 g/mol. The Labute approximate surface area is 116 Å². The smallest absolute Gasteiger partial charge is 0.309 e. The molecule has 19 heavy (non-hydrogen) atoms. The second-order valence-corrected chi connectivity index (χ2v) is 7.04. The van der Waals surface area contributed by atoms with Crippen LogP contribution in [0.2, 0.25) is 0 Å². The van der Waals surface area contributed by atoms with Gasteiger partial charge in [0, 0.05) is 7.11 Å². The highest BCUT2D eigenvalue weighted by Gasteiger charge is 2.45. The molecule has 0 radical (unpaired) electrons. The van der Waals surface area contributed by atoms with Crippen molar-refractivity contribution in [2.75, 3.05) is 13.7 Å². The first-order chi connectivity index (χ1) is 8.71. The molecule has 1 rings (SSSR count). The van der Waals surface area contributed by atoms with Crippen LogP contribution < -0.4 is 0 Å². The number of carbonyl (C=O) groups is 1. The van der Waals surface area contributed by atoms with Crippen molar-refractivity contribution in [2.24, 2.45) is 16.7 Å². The molecule has 2 N–H and O–H groups in total. The number of hydrogen-bond donors (Lipinski definition) is 2. The van der Waals surface area contributed by atoms with Gasteiger partial charge < -0.3 is 14.9 Å². The van der Waals surface area contributed by atoms with Gasteiger partial charge in [-0.3, -0.25) is 4.79 Å². The fraction of sp³-hybridized carbons (Fsp3) is 0.933. The van der Waals surface area contributed by atoms with E-state index >= 15 is 0 Å². The van der Waals surface area contributed by atoms with Gasteiger partial charge in [0.25, 0.3) is 0 Å². The molecule has 0 saturated heterocycles. The molecule has 1 saturated carbocycles. The maximum absolute atomic E-state index is 11.6. The Morgan fingerprint density at radius 1 is 1.37 bits per heavy atom. The lowest BCUT2D eigenvalue weighted by Crippen LogP contribution is -2.41. The standard InChI is InChI=1S/C15H28O4/c1-14(2,3)11-5-7-15(8-6-11,13(17)18)9-12(16)10-19-4/h11-12,16H,5-10H2,1-4H3,(H,17,18). The van der Waals surface area contributed by atoms with Gasteiger partial charge in [-0.25, -0.2) is 0 Å². The predicted molar refractivity (Wildman–Crippen MR) is 74.0 cm³/mol. The van der Waals surface area contributed by atoms with Crippen molar-refractivity contribution in [1.29, 1.82) is 0 Å². The minimum Gasteiger partial charge on any atom is -0.481 e. The summed E-state index contributed by atoms with van der Waals surface area (Å²) in [5.41, 5.74) is -0.532. The second-order valence-electron chi connectivity index (χ2n) is 7.04. The van der Waals surface area contributed by atoms with Crippen molar-refractivity contribution in [3.8, 4) is 0 Å². The van der Waals surface area contributed by atoms with Crippen LogP contribution in [0.3, 0.4) is 0 Å². The minimum atomic E-state index is -0.769. The monoisotopic (exact) mass is 272 g/mol. The van der Waals surface area contributed by atoms with Gasteiger partial charge in [-0.2, -0.15) is 0 Å². The molecule has 0 aromatic carbocycles. The first kappa shape index (κ1) is 16.4. The van der Waals surface area contributed by atoms with Gasteiger partial charge in [-0.05, 0) is 43.4 Å². The lowest BCUT2D eigenvalue weighted by molar-refractivity contribution is -0.155. The van der Waals surface area contributed by atoms with E-state index in [1.807, 2.05) is 0 Å². The van der Waals surface area contributed by atoms with Crippen LogP contribution >= 0.6 is 0 Å². The summed E-state index contributed by atoms with van der Waals surface area (Å²) in [6.07, 6.45) is 2.78. The van der Waals surface area contributed by atoms with Crippen LogP contribution in [0.25, 0.3) is 0 Å². The third kappa shape index (κ3) is 4.18. The summed E-state index contributed by atoms with van der Waals surface area (Å²) in [7, 11) is 1.52. The molecule has 0 spiro atoms. The highest BCUT2D eigenvalue weighted by atomic mass is 16.5. The van der Waals surface area contributed by atoms with Gasteiger partial charge in [-0.1, -0.05) is 20.8 Å². The molecule has 1 aliphatic rings. The van der Waals surface area contributed by atoms with Crippen LogP contribution in [-0.4, -0.2) is 36.0 Å². The van der Waals surface area contributed by atoms with Crippen molar-refractivity contribution in [3.63, 3.8) is 0 Å². The van der Waals surface area contributed by atoms with Gasteiger partial charge in [0.05, 0.1) is 18.1 Å². The summed E-state index contributed by atoms with van der Waals surface area (Å²) in [6.45, 7) is 6.85. The van der Waals surface area contributed by atoms with E-state index in [0.717, 1.165) is 12.8 Å². The van der Waals surface area contributed by atoms with E-state index in [2.05, 4.69) is 20.8 Å². The lowest BCUT2D eigenvalue weighted by Gasteiger charge is -2.42. The van der Waals surface area contributed by atoms with Crippen LogP contribution in [0, 0.1) is 16.7 Å². The summed E-state index contributed by atoms with van der Waals surface area (Å²) in [5, 5.41) is 19.4. The van der Waals surface area contributed by atoms with Crippen LogP contribution in [0.4, 0.5) is 0 Å². The summed E-state index contributed by atoms with van der Waals surface area (Å²) >= 11 is 0. The molecular formula is C15H28O4. The number of ether oxygens (including phenoxy) is 1. The van der Waals surface area contributed by atoms with Crippen molar-refractivity contribution in [1.82, 2.24) is 0 Å². The molecular weight excluding hydrogens is 244 g/mol. The SMILES string of the molecule is COCC(O)CC1(C(=O)O)CCC(C(C)(C)C)CC1. The fourth-order valence-corrected chi connectivity index (χ4v) is 3.24. The van der Waals surface area contributed by atoms with E-state index in [0.29, 0.717) is 25.2 Å². The van der Waals surface area contributed by atoms with E-state index in [4.69, 9.17) is 4.74 Å². The largest absolute Gasteiger partial charge is 0.481 e. The second kappa shape index (κ2) is 6.23. The number of carboxylic acids is 1. The van der Waals surface area contributed by atoms with Gasteiger partial charge in [0.2, 0.25) is 0 Å². The summed E-state index contributed by atoms with van der Waals surface area (Å²) in [4.78, 5) is 11.6. The molecule has 112 valence electrons. The van der Waals surface area contributed by atoms with E-state index in [1.165, 1.54) is 7.11 Å². The van der Waals surface area contributed by atoms with E-state index in [9.17, 15) is 15.0 Å². The van der Waals surface area contributed by atoms with Crippen LogP contribution in [0.5, 0.6) is 0 Å². The van der Waals surface area contributed by atoms with E-state index in [1.54, 1.807) is 0 Å². The quantitative estimate of drug-likeness (QED) is 0.807. The molecule has 0 aromatic rings. The zero-order valence-electron chi connectivity index (χ0n) is 12.6. The molecule has 0 amide bonds. The Bertz CT molecular complexity index is 298. The van der Waals surface area contributed by atoms with Crippen molar-refractivity contribution in [2.45, 2.75) is 59.0 Å². The predicted octanol–water partition coefficient (Wildman–Crippen LogP) is 2.69. The average Bonchev–Trinajstić information content (AvgIpc) is 2.28. The molecule has 4 heteroatoms. The number of hydrogen-bond acceptors (Lipinski definition) is 3. The van der Waals surface area contributed by atoms with Gasteiger partial charge in [0.15, 0.2) is 0 Å². The highest BCUT2D eigenvalue weighted by molar-refractivity contribution is 5.74. The van der Waals surface area contributed by atoms with Crippen molar-refractivity contribution in [3.05, 3.63) is 0 Å². The molecule has 1 aliphatic carbocycles. The Morgan fingerprint density at radius 2 is 1.89 bits per heavy atom. The number of methoxy groups -OCH3 is 1. The number of aliphatic hydroxyl groups is 1. The molecule has 1 unspecified atom stereocenters. The van der Waals surface area contributed by atoms with E-state index < -0.39 is 17.5 Å². The normalized spacial score (nSPS) is 30.1. The third-order valence-corrected chi connectivity index (χ3v) is 4.61. The topological polar surface area (TPSA) is 66.8 Å². The molecule has 1 fully saturated rings. The Hall–Kier alpha value is -0.610. The highest BCUT2D eigenvalue weighted by Crippen LogP contribution is 2.47. The number of rotatable bonds is 5.